The average molecular weight is 1910 g/mol. The molecule has 8 N–H and O–H groups in total. The van der Waals surface area contributed by atoms with Crippen molar-refractivity contribution in [3.63, 3.8) is 0 Å². The summed E-state index contributed by atoms with van der Waals surface area (Å²) in [7, 11) is -18.2. The molecule has 10 bridgehead atoms. The fourth-order valence-corrected chi connectivity index (χ4v) is 29.6. The minimum Gasteiger partial charge on any atom is -0.390 e. The van der Waals surface area contributed by atoms with Gasteiger partial charge in [-0.3, -0.25) is 28.8 Å². The number of nitrogens with one attached hydrogen (secondary N) is 4. The van der Waals surface area contributed by atoms with Crippen LogP contribution in [0.2, 0.25) is 50.2 Å². The summed E-state index contributed by atoms with van der Waals surface area (Å²) < 4.78 is 137. The molecule has 116 heavy (non-hydrogen) atoms. The number of hydrogen-bond acceptors (Lipinski definition) is 19. The van der Waals surface area contributed by atoms with E-state index in [9.17, 15) is 81.1 Å². The number of aliphatic hydroxyl groups is 2. The number of amides is 5. The van der Waals surface area contributed by atoms with Crippen molar-refractivity contribution in [3.05, 3.63) is 141 Å². The van der Waals surface area contributed by atoms with E-state index in [1.54, 1.807) is 11.9 Å². The number of carbonyl (C=O) groups is 6. The van der Waals surface area contributed by atoms with Crippen LogP contribution in [0.3, 0.4) is 0 Å². The lowest BCUT2D eigenvalue weighted by atomic mass is 9.92. The highest BCUT2D eigenvalue weighted by atomic mass is 35.5. The van der Waals surface area contributed by atoms with E-state index in [1.807, 2.05) is 6.92 Å². The summed E-state index contributed by atoms with van der Waals surface area (Å²) in [6.07, 6.45) is 6.71. The highest BCUT2D eigenvalue weighted by Crippen LogP contribution is 2.42. The third-order valence-corrected chi connectivity index (χ3v) is 33.6. The first-order valence-electron chi connectivity index (χ1n) is 36.9. The van der Waals surface area contributed by atoms with Crippen molar-refractivity contribution in [2.45, 2.75) is 206 Å². The third kappa shape index (κ3) is 20.0. The average Bonchev–Trinajstić information content (AvgIpc) is 1.32. The maximum atomic E-state index is 13.3. The van der Waals surface area contributed by atoms with Crippen LogP contribution in [0.4, 0.5) is 0 Å². The SMILES string of the molecule is C[C@H]1CN(C)C(=O)C2CCCC1N2S(=O)(=O)c1cc(Cl)cc(Cl)c1.N[C@@H]1CNC(=O)C2CCCC1N2S(=O)(=O)c1cc(Cl)cc(Cl)c1.O=C1CNC(=O)C2CCCC1N2S(=O)(=O)c1cc(Cl)cc(Cl)c1.O=C1NC[C@@H](O)C2CCCC1N2S(=O)(=O)c1cc(Cl)cc(Cl)c1.O=C1NC[C@H](O)C2CCCC1N2S(=O)(=O)c1cc(Cl)cc(Cl)c1. The molecule has 44 heteroatoms. The van der Waals surface area contributed by atoms with Gasteiger partial charge in [-0.25, -0.2) is 42.1 Å². The number of halogens is 10. The van der Waals surface area contributed by atoms with Gasteiger partial charge in [0.05, 0.1) is 61.4 Å². The largest absolute Gasteiger partial charge is 0.390 e. The lowest BCUT2D eigenvalue weighted by molar-refractivity contribution is -0.134. The highest BCUT2D eigenvalue weighted by Gasteiger charge is 2.54. The lowest BCUT2D eigenvalue weighted by Crippen LogP contribution is -2.57. The molecular weight excluding hydrogens is 1820 g/mol. The summed E-state index contributed by atoms with van der Waals surface area (Å²) in [5.74, 6) is -1.91. The topological polar surface area (TPSA) is 407 Å². The Morgan fingerprint density at radius 2 is 0.586 bits per heavy atom. The molecular formula is C72H83Cl10N11O18S5. The number of nitrogens with two attached hydrogens (primary N) is 1. The second-order valence-electron chi connectivity index (χ2n) is 29.6. The zero-order valence-electron chi connectivity index (χ0n) is 61.9. The van der Waals surface area contributed by atoms with Gasteiger partial charge in [-0.1, -0.05) is 123 Å². The predicted octanol–water partition coefficient (Wildman–Crippen LogP) is 8.77. The van der Waals surface area contributed by atoms with Gasteiger partial charge in [0.25, 0.3) is 0 Å². The summed E-state index contributed by atoms with van der Waals surface area (Å²) in [6.45, 7) is 2.76. The van der Waals surface area contributed by atoms with Crippen LogP contribution in [-0.2, 0) is 78.9 Å². The summed E-state index contributed by atoms with van der Waals surface area (Å²) in [5, 5.41) is 33.0. The molecule has 634 valence electrons. The molecule has 5 aromatic rings. The molecule has 10 saturated heterocycles. The molecule has 10 unspecified atom stereocenters. The number of carbonyl (C=O) groups excluding carboxylic acids is 6. The van der Waals surface area contributed by atoms with Gasteiger partial charge in [0.2, 0.25) is 79.7 Å². The molecule has 10 aliphatic rings. The number of ketones is 1. The van der Waals surface area contributed by atoms with Crippen LogP contribution in [-0.4, -0.2) is 232 Å². The van der Waals surface area contributed by atoms with Crippen molar-refractivity contribution in [1.29, 1.82) is 0 Å². The molecule has 10 aliphatic heterocycles. The number of aliphatic hydroxyl groups excluding tert-OH is 2. The Morgan fingerprint density at radius 3 is 0.931 bits per heavy atom. The number of piperidine rings is 5. The van der Waals surface area contributed by atoms with Crippen molar-refractivity contribution in [2.24, 2.45) is 11.7 Å². The quantitative estimate of drug-likeness (QED) is 0.0686. The predicted molar refractivity (Wildman–Crippen MR) is 438 cm³/mol. The van der Waals surface area contributed by atoms with Crippen molar-refractivity contribution >= 4 is 201 Å². The summed E-state index contributed by atoms with van der Waals surface area (Å²) >= 11 is 59.3. The number of likely N-dealkylation sites (N-methyl/N-ethyl adjacent to an activating group) is 1. The molecule has 15 rings (SSSR count). The van der Waals surface area contributed by atoms with E-state index < -0.39 is 129 Å². The molecule has 0 spiro atoms. The Hall–Kier alpha value is -4.55. The van der Waals surface area contributed by atoms with E-state index >= 15 is 0 Å². The number of benzene rings is 5. The number of Topliss-reactive ketones (excluding diaryl/α,β-unsaturated/α-hetero) is 1. The van der Waals surface area contributed by atoms with Crippen LogP contribution < -0.4 is 27.0 Å². The zero-order valence-corrected chi connectivity index (χ0v) is 73.5. The minimum atomic E-state index is -4.07. The smallest absolute Gasteiger partial charge is 0.244 e. The van der Waals surface area contributed by atoms with Crippen LogP contribution >= 0.6 is 116 Å². The molecule has 29 nitrogen and oxygen atoms in total. The number of sulfonamides is 5. The molecule has 5 aromatic carbocycles. The van der Waals surface area contributed by atoms with Crippen LogP contribution in [0.15, 0.2) is 115 Å². The lowest BCUT2D eigenvalue weighted by Gasteiger charge is -2.40. The minimum absolute atomic E-state index is 0.0196. The summed E-state index contributed by atoms with van der Waals surface area (Å²) in [4.78, 5) is 75.2. The molecule has 10 heterocycles. The second-order valence-corrected chi connectivity index (χ2v) is 43.2. The molecule has 0 radical (unpaired) electrons. The van der Waals surface area contributed by atoms with E-state index in [0.717, 1.165) is 32.2 Å². The number of hydrogen-bond donors (Lipinski definition) is 7. The number of β-amino-alcohol motifs (C(OH)–C–C–N with tert-alkyl or cyclic N) is 2. The maximum absolute atomic E-state index is 13.3. The Balaban J connectivity index is 0.000000143. The van der Waals surface area contributed by atoms with Gasteiger partial charge in [-0.15, -0.1) is 0 Å². The van der Waals surface area contributed by atoms with Crippen molar-refractivity contribution in [2.75, 3.05) is 39.8 Å². The van der Waals surface area contributed by atoms with Crippen molar-refractivity contribution < 1.29 is 81.1 Å². The Kier molecular flexibility index (Phi) is 29.9. The van der Waals surface area contributed by atoms with Gasteiger partial charge in [0.1, 0.15) is 30.2 Å². The fourth-order valence-electron chi connectivity index (χ4n) is 16.6. The molecule has 0 aliphatic carbocycles. The van der Waals surface area contributed by atoms with Crippen LogP contribution in [0.25, 0.3) is 0 Å². The van der Waals surface area contributed by atoms with Gasteiger partial charge in [-0.05, 0) is 193 Å². The summed E-state index contributed by atoms with van der Waals surface area (Å²) in [5.41, 5.74) is 6.10. The number of nitrogens with zero attached hydrogens (tertiary/aromatic N) is 6. The highest BCUT2D eigenvalue weighted by molar-refractivity contribution is 7.90. The third-order valence-electron chi connectivity index (χ3n) is 21.8. The van der Waals surface area contributed by atoms with Crippen molar-refractivity contribution in [3.8, 4) is 0 Å². The maximum Gasteiger partial charge on any atom is 0.244 e. The first kappa shape index (κ1) is 92.2. The van der Waals surface area contributed by atoms with Crippen LogP contribution in [0, 0.1) is 5.92 Å². The normalized spacial score (nSPS) is 28.3. The van der Waals surface area contributed by atoms with E-state index in [-0.39, 0.29) is 142 Å². The van der Waals surface area contributed by atoms with E-state index in [1.165, 1.54) is 99.6 Å². The van der Waals surface area contributed by atoms with Gasteiger partial charge in [-0.2, -0.15) is 21.5 Å². The first-order chi connectivity index (χ1) is 54.4. The van der Waals surface area contributed by atoms with Crippen molar-refractivity contribution in [1.82, 2.24) is 47.7 Å². The van der Waals surface area contributed by atoms with Crippen LogP contribution in [0.1, 0.15) is 103 Å². The van der Waals surface area contributed by atoms with E-state index in [4.69, 9.17) is 122 Å². The molecule has 14 atom stereocenters. The Morgan fingerprint density at radius 1 is 0.336 bits per heavy atom. The van der Waals surface area contributed by atoms with E-state index in [2.05, 4.69) is 21.3 Å². The Labute approximate surface area is 722 Å². The van der Waals surface area contributed by atoms with E-state index in [0.29, 0.717) is 83.6 Å². The molecule has 0 saturated carbocycles. The molecule has 0 aromatic heterocycles. The van der Waals surface area contributed by atoms with Crippen LogP contribution in [0.5, 0.6) is 0 Å². The first-order valence-corrected chi connectivity index (χ1v) is 47.9. The number of fused-ring (bicyclic) bond motifs is 10. The number of rotatable bonds is 10. The fraction of sp³-hybridized carbons (Fsp3) is 0.500. The molecule has 10 fully saturated rings. The van der Waals surface area contributed by atoms with Gasteiger partial charge < -0.3 is 42.1 Å². The summed E-state index contributed by atoms with van der Waals surface area (Å²) in [6, 6.07) is 13.3. The van der Waals surface area contributed by atoms with Gasteiger partial charge in [0.15, 0.2) is 5.78 Å². The second kappa shape index (κ2) is 37.7. The standard InChI is InChI=1S/C16H20Cl2N2O3S.C14H17Cl2N3O3S.2C14H16Cl2N2O4S.C14H14Cl2N2O4S/c1-10-9-19(2)16(21)15-5-3-4-14(10)20(15)24(22,23)13-7-11(17)6-12(18)8-13;15-8-4-9(16)6-10(5-8)23(21,22)19-12-2-1-3-13(19)14(20)18-7-11(12)17;3*15-8-4-9(16)6-10(5-8)23(21,22)18-11-2-1-3-12(18)14(20)17-7-13(11)19/h6-8,10,14-15H,3-5,9H2,1-2H3;4-6,11-13H,1-3,7,17H2,(H,18,20);2*4-6,11-13,19H,1-3,7H2,(H,17,20);4-6,11-12H,1-3,7H2,(H,17,20)/t10-,14?,15?;11-,12?,13?;2*11?,12?,13-;/m0110./s1. The molecule has 5 amide bonds. The Bertz CT molecular complexity index is 4830. The zero-order chi connectivity index (χ0) is 84.7. The van der Waals surface area contributed by atoms with Gasteiger partial charge >= 0.3 is 0 Å². The monoisotopic (exact) mass is 1900 g/mol. The van der Waals surface area contributed by atoms with Gasteiger partial charge in [0, 0.05) is 102 Å².